The SMILES string of the molecule is CC(NC1CC(=O)N(C)C1=O)c1cnc2ccsc2c1. The van der Waals surface area contributed by atoms with E-state index in [0.29, 0.717) is 0 Å². The van der Waals surface area contributed by atoms with Crippen molar-refractivity contribution in [2.45, 2.75) is 25.4 Å². The molecule has 0 aromatic carbocycles. The van der Waals surface area contributed by atoms with E-state index in [-0.39, 0.29) is 24.3 Å². The number of likely N-dealkylation sites (N-methyl/N-ethyl adjacent to an activating group) is 1. The second-order valence-electron chi connectivity index (χ2n) is 5.01. The van der Waals surface area contributed by atoms with Crippen LogP contribution >= 0.6 is 11.3 Å². The van der Waals surface area contributed by atoms with Crippen LogP contribution in [0.1, 0.15) is 24.9 Å². The number of pyridine rings is 1. The first-order valence-electron chi connectivity index (χ1n) is 6.46. The number of nitrogens with zero attached hydrogens (tertiary/aromatic N) is 2. The summed E-state index contributed by atoms with van der Waals surface area (Å²) in [6.07, 6.45) is 2.05. The summed E-state index contributed by atoms with van der Waals surface area (Å²) < 4.78 is 1.13. The van der Waals surface area contributed by atoms with Gasteiger partial charge in [-0.3, -0.25) is 24.8 Å². The van der Waals surface area contributed by atoms with Crippen LogP contribution < -0.4 is 5.32 Å². The third-order valence-corrected chi connectivity index (χ3v) is 4.51. The van der Waals surface area contributed by atoms with Crippen molar-refractivity contribution in [1.29, 1.82) is 0 Å². The first-order chi connectivity index (χ1) is 9.56. The Morgan fingerprint density at radius 1 is 1.50 bits per heavy atom. The molecule has 1 aliphatic rings. The van der Waals surface area contributed by atoms with Crippen molar-refractivity contribution >= 4 is 33.4 Å². The number of hydrogen-bond acceptors (Lipinski definition) is 5. The highest BCUT2D eigenvalue weighted by Gasteiger charge is 2.36. The number of likely N-dealkylation sites (tertiary alicyclic amines) is 1. The summed E-state index contributed by atoms with van der Waals surface area (Å²) in [6.45, 7) is 1.98. The molecule has 5 nitrogen and oxygen atoms in total. The summed E-state index contributed by atoms with van der Waals surface area (Å²) in [6, 6.07) is 3.61. The minimum absolute atomic E-state index is 0.0257. The van der Waals surface area contributed by atoms with Gasteiger partial charge in [-0.1, -0.05) is 0 Å². The predicted octanol–water partition coefficient (Wildman–Crippen LogP) is 1.70. The highest BCUT2D eigenvalue weighted by Crippen LogP contribution is 2.23. The first kappa shape index (κ1) is 13.2. The number of amides is 2. The van der Waals surface area contributed by atoms with Crippen molar-refractivity contribution in [2.24, 2.45) is 0 Å². The lowest BCUT2D eigenvalue weighted by molar-refractivity contribution is -0.137. The minimum atomic E-state index is -0.429. The predicted molar refractivity (Wildman–Crippen MR) is 77.4 cm³/mol. The molecule has 2 unspecified atom stereocenters. The fourth-order valence-corrected chi connectivity index (χ4v) is 3.17. The van der Waals surface area contributed by atoms with Gasteiger partial charge in [-0.05, 0) is 30.0 Å². The highest BCUT2D eigenvalue weighted by atomic mass is 32.1. The summed E-state index contributed by atoms with van der Waals surface area (Å²) >= 11 is 1.64. The van der Waals surface area contributed by atoms with Gasteiger partial charge in [0.05, 0.1) is 22.7 Å². The Morgan fingerprint density at radius 3 is 3.00 bits per heavy atom. The minimum Gasteiger partial charge on any atom is -0.299 e. The van der Waals surface area contributed by atoms with E-state index in [1.165, 1.54) is 11.9 Å². The van der Waals surface area contributed by atoms with Gasteiger partial charge in [-0.2, -0.15) is 0 Å². The molecule has 2 atom stereocenters. The van der Waals surface area contributed by atoms with Gasteiger partial charge in [0, 0.05) is 19.3 Å². The Hall–Kier alpha value is -1.79. The van der Waals surface area contributed by atoms with E-state index in [9.17, 15) is 9.59 Å². The Kier molecular flexibility index (Phi) is 3.27. The van der Waals surface area contributed by atoms with Gasteiger partial charge >= 0.3 is 0 Å². The number of carbonyl (C=O) groups excluding carboxylic acids is 2. The fourth-order valence-electron chi connectivity index (χ4n) is 2.38. The largest absolute Gasteiger partial charge is 0.299 e. The first-order valence-corrected chi connectivity index (χ1v) is 7.34. The van der Waals surface area contributed by atoms with Crippen molar-refractivity contribution in [3.63, 3.8) is 0 Å². The van der Waals surface area contributed by atoms with E-state index in [4.69, 9.17) is 0 Å². The van der Waals surface area contributed by atoms with Gasteiger partial charge < -0.3 is 0 Å². The second kappa shape index (κ2) is 4.96. The average molecular weight is 289 g/mol. The Bertz CT molecular complexity index is 682. The van der Waals surface area contributed by atoms with E-state index < -0.39 is 6.04 Å². The van der Waals surface area contributed by atoms with Gasteiger partial charge in [0.15, 0.2) is 0 Å². The van der Waals surface area contributed by atoms with E-state index in [0.717, 1.165) is 15.8 Å². The standard InChI is InChI=1S/C14H15N3O2S/c1-8(16-11-6-13(18)17(2)14(11)19)9-5-12-10(15-7-9)3-4-20-12/h3-5,7-8,11,16H,6H2,1-2H3. The van der Waals surface area contributed by atoms with Crippen LogP contribution in [0.3, 0.4) is 0 Å². The molecule has 3 heterocycles. The molecule has 2 amide bonds. The molecule has 0 aliphatic carbocycles. The normalized spacial score (nSPS) is 20.9. The lowest BCUT2D eigenvalue weighted by Gasteiger charge is -2.18. The number of fused-ring (bicyclic) bond motifs is 1. The zero-order valence-corrected chi connectivity index (χ0v) is 12.1. The van der Waals surface area contributed by atoms with Crippen LogP contribution in [0.5, 0.6) is 0 Å². The summed E-state index contributed by atoms with van der Waals surface area (Å²) in [7, 11) is 1.52. The summed E-state index contributed by atoms with van der Waals surface area (Å²) in [5.74, 6) is -0.293. The zero-order chi connectivity index (χ0) is 14.3. The number of nitrogens with one attached hydrogen (secondary N) is 1. The molecule has 1 aliphatic heterocycles. The molecule has 1 N–H and O–H groups in total. The van der Waals surface area contributed by atoms with Crippen LogP contribution in [0, 0.1) is 0 Å². The van der Waals surface area contributed by atoms with Crippen LogP contribution in [0.2, 0.25) is 0 Å². The van der Waals surface area contributed by atoms with Crippen LogP contribution in [0.4, 0.5) is 0 Å². The van der Waals surface area contributed by atoms with Gasteiger partial charge in [-0.15, -0.1) is 11.3 Å². The number of hydrogen-bond donors (Lipinski definition) is 1. The Labute approximate surface area is 120 Å². The van der Waals surface area contributed by atoms with Crippen LogP contribution in [-0.2, 0) is 9.59 Å². The van der Waals surface area contributed by atoms with Crippen molar-refractivity contribution in [2.75, 3.05) is 7.05 Å². The molecule has 1 fully saturated rings. The highest BCUT2D eigenvalue weighted by molar-refractivity contribution is 7.17. The van der Waals surface area contributed by atoms with Gasteiger partial charge in [0.25, 0.3) is 0 Å². The maximum atomic E-state index is 11.9. The molecule has 0 saturated carbocycles. The molecule has 2 aromatic heterocycles. The lowest BCUT2D eigenvalue weighted by atomic mass is 10.1. The number of carbonyl (C=O) groups is 2. The van der Waals surface area contributed by atoms with Crippen molar-refractivity contribution in [3.8, 4) is 0 Å². The summed E-state index contributed by atoms with van der Waals surface area (Å²) in [5, 5.41) is 5.22. The average Bonchev–Trinajstić information content (AvgIpc) is 2.99. The fraction of sp³-hybridized carbons (Fsp3) is 0.357. The van der Waals surface area contributed by atoms with E-state index >= 15 is 0 Å². The molecule has 6 heteroatoms. The quantitative estimate of drug-likeness (QED) is 0.874. The molecule has 0 radical (unpaired) electrons. The molecule has 104 valence electrons. The van der Waals surface area contributed by atoms with Crippen LogP contribution in [-0.4, -0.2) is 34.8 Å². The smallest absolute Gasteiger partial charge is 0.246 e. The third-order valence-electron chi connectivity index (χ3n) is 3.66. The maximum absolute atomic E-state index is 11.9. The summed E-state index contributed by atoms with van der Waals surface area (Å²) in [5.41, 5.74) is 2.01. The number of rotatable bonds is 3. The van der Waals surface area contributed by atoms with Crippen LogP contribution in [0.25, 0.3) is 10.2 Å². The second-order valence-corrected chi connectivity index (χ2v) is 5.96. The monoisotopic (exact) mass is 289 g/mol. The van der Waals surface area contributed by atoms with E-state index in [1.54, 1.807) is 11.3 Å². The molecule has 3 rings (SSSR count). The molecule has 2 aromatic rings. The maximum Gasteiger partial charge on any atom is 0.246 e. The van der Waals surface area contributed by atoms with Crippen LogP contribution in [0.15, 0.2) is 23.7 Å². The molecular weight excluding hydrogens is 274 g/mol. The molecule has 20 heavy (non-hydrogen) atoms. The van der Waals surface area contributed by atoms with Gasteiger partial charge in [0.1, 0.15) is 0 Å². The van der Waals surface area contributed by atoms with Gasteiger partial charge in [0.2, 0.25) is 11.8 Å². The van der Waals surface area contributed by atoms with Crippen molar-refractivity contribution < 1.29 is 9.59 Å². The molecular formula is C14H15N3O2S. The Morgan fingerprint density at radius 2 is 2.30 bits per heavy atom. The number of aromatic nitrogens is 1. The third kappa shape index (κ3) is 2.21. The number of imide groups is 1. The topological polar surface area (TPSA) is 62.3 Å². The Balaban J connectivity index is 1.77. The molecule has 1 saturated heterocycles. The molecule has 0 bridgehead atoms. The van der Waals surface area contributed by atoms with Crippen molar-refractivity contribution in [1.82, 2.24) is 15.2 Å². The van der Waals surface area contributed by atoms with E-state index in [1.807, 2.05) is 24.6 Å². The summed E-state index contributed by atoms with van der Waals surface area (Å²) in [4.78, 5) is 29.0. The zero-order valence-electron chi connectivity index (χ0n) is 11.3. The van der Waals surface area contributed by atoms with E-state index in [2.05, 4.69) is 16.4 Å². The van der Waals surface area contributed by atoms with Gasteiger partial charge in [-0.25, -0.2) is 0 Å². The number of thiophene rings is 1. The molecule has 0 spiro atoms. The van der Waals surface area contributed by atoms with Crippen molar-refractivity contribution in [3.05, 3.63) is 29.3 Å². The lowest BCUT2D eigenvalue weighted by Crippen LogP contribution is -2.38.